The number of hydrogen-bond donors (Lipinski definition) is 1. The normalized spacial score (nSPS) is 10.8. The Morgan fingerprint density at radius 3 is 2.54 bits per heavy atom. The van der Waals surface area contributed by atoms with Gasteiger partial charge in [0.05, 0.1) is 11.4 Å². The maximum absolute atomic E-state index is 12.3. The van der Waals surface area contributed by atoms with Crippen molar-refractivity contribution in [3.63, 3.8) is 0 Å². The SMILES string of the molecule is Cc1cc(C)n(-c2nccnc2SCC(=O)Nc2ccc(C)c(C)c2)n1. The molecule has 0 saturated heterocycles. The lowest BCUT2D eigenvalue weighted by Crippen LogP contribution is -2.15. The van der Waals surface area contributed by atoms with Crippen LogP contribution in [0.1, 0.15) is 22.5 Å². The number of carbonyl (C=O) groups is 1. The second-order valence-corrected chi connectivity index (χ2v) is 7.12. The van der Waals surface area contributed by atoms with E-state index in [0.29, 0.717) is 10.8 Å². The van der Waals surface area contributed by atoms with Crippen molar-refractivity contribution < 1.29 is 4.79 Å². The topological polar surface area (TPSA) is 72.7 Å². The molecule has 2 heterocycles. The van der Waals surface area contributed by atoms with Gasteiger partial charge in [-0.25, -0.2) is 14.6 Å². The molecule has 2 aromatic heterocycles. The first-order chi connectivity index (χ1) is 12.4. The fourth-order valence-electron chi connectivity index (χ4n) is 2.56. The standard InChI is InChI=1S/C19H21N5OS/c1-12-5-6-16(9-13(12)2)22-17(25)11-26-19-18(20-7-8-21-19)24-15(4)10-14(3)23-24/h5-10H,11H2,1-4H3,(H,22,25). The number of aryl methyl sites for hydroxylation is 4. The Kier molecular flexibility index (Phi) is 5.37. The number of benzene rings is 1. The summed E-state index contributed by atoms with van der Waals surface area (Å²) in [4.78, 5) is 21.1. The highest BCUT2D eigenvalue weighted by Crippen LogP contribution is 2.23. The van der Waals surface area contributed by atoms with E-state index in [2.05, 4.69) is 20.4 Å². The molecule has 0 radical (unpaired) electrons. The van der Waals surface area contributed by atoms with E-state index in [-0.39, 0.29) is 11.7 Å². The summed E-state index contributed by atoms with van der Waals surface area (Å²) in [5.74, 6) is 0.808. The molecular weight excluding hydrogens is 346 g/mol. The molecule has 3 aromatic rings. The number of hydrogen-bond acceptors (Lipinski definition) is 5. The minimum atomic E-state index is -0.0803. The van der Waals surface area contributed by atoms with Crippen LogP contribution in [0.5, 0.6) is 0 Å². The Bertz CT molecular complexity index is 951. The van der Waals surface area contributed by atoms with Crippen molar-refractivity contribution in [2.24, 2.45) is 0 Å². The van der Waals surface area contributed by atoms with E-state index < -0.39 is 0 Å². The van der Waals surface area contributed by atoms with Crippen molar-refractivity contribution in [3.8, 4) is 5.82 Å². The molecule has 0 fully saturated rings. The molecule has 1 N–H and O–H groups in total. The van der Waals surface area contributed by atoms with Gasteiger partial charge < -0.3 is 5.32 Å². The van der Waals surface area contributed by atoms with E-state index in [9.17, 15) is 4.79 Å². The highest BCUT2D eigenvalue weighted by molar-refractivity contribution is 8.00. The first-order valence-electron chi connectivity index (χ1n) is 8.28. The Morgan fingerprint density at radius 2 is 1.85 bits per heavy atom. The summed E-state index contributed by atoms with van der Waals surface area (Å²) < 4.78 is 1.76. The minimum Gasteiger partial charge on any atom is -0.325 e. The number of rotatable bonds is 5. The smallest absolute Gasteiger partial charge is 0.234 e. The lowest BCUT2D eigenvalue weighted by Gasteiger charge is -2.10. The molecule has 0 spiro atoms. The van der Waals surface area contributed by atoms with Crippen molar-refractivity contribution in [2.75, 3.05) is 11.1 Å². The molecule has 0 saturated carbocycles. The maximum Gasteiger partial charge on any atom is 0.234 e. The van der Waals surface area contributed by atoms with Crippen LogP contribution >= 0.6 is 11.8 Å². The van der Waals surface area contributed by atoms with E-state index in [4.69, 9.17) is 0 Å². The molecule has 6 nitrogen and oxygen atoms in total. The summed E-state index contributed by atoms with van der Waals surface area (Å²) in [5.41, 5.74) is 5.04. The molecule has 0 bridgehead atoms. The monoisotopic (exact) mass is 367 g/mol. The molecule has 3 rings (SSSR count). The number of carbonyl (C=O) groups excluding carboxylic acids is 1. The third kappa shape index (κ3) is 4.11. The number of amides is 1. The summed E-state index contributed by atoms with van der Waals surface area (Å²) in [6.07, 6.45) is 3.25. The Labute approximate surface area is 157 Å². The fourth-order valence-corrected chi connectivity index (χ4v) is 3.30. The highest BCUT2D eigenvalue weighted by Gasteiger charge is 2.14. The van der Waals surface area contributed by atoms with Crippen LogP contribution < -0.4 is 5.32 Å². The number of anilines is 1. The van der Waals surface area contributed by atoms with Crippen molar-refractivity contribution >= 4 is 23.4 Å². The second kappa shape index (κ2) is 7.70. The van der Waals surface area contributed by atoms with Gasteiger partial charge in [-0.15, -0.1) is 0 Å². The first-order valence-corrected chi connectivity index (χ1v) is 9.27. The van der Waals surface area contributed by atoms with Gasteiger partial charge in [-0.1, -0.05) is 17.8 Å². The van der Waals surface area contributed by atoms with Crippen LogP contribution in [-0.2, 0) is 4.79 Å². The van der Waals surface area contributed by atoms with Gasteiger partial charge in [-0.3, -0.25) is 4.79 Å². The van der Waals surface area contributed by atoms with Crippen LogP contribution in [0.25, 0.3) is 5.82 Å². The van der Waals surface area contributed by atoms with Crippen molar-refractivity contribution in [1.82, 2.24) is 19.7 Å². The van der Waals surface area contributed by atoms with E-state index in [0.717, 1.165) is 22.6 Å². The van der Waals surface area contributed by atoms with Crippen LogP contribution in [-0.4, -0.2) is 31.4 Å². The van der Waals surface area contributed by atoms with Crippen LogP contribution in [0.15, 0.2) is 41.7 Å². The predicted molar refractivity (Wildman–Crippen MR) is 104 cm³/mol. The summed E-state index contributed by atoms with van der Waals surface area (Å²) in [5, 5.41) is 8.05. The van der Waals surface area contributed by atoms with Gasteiger partial charge in [-0.05, 0) is 57.0 Å². The lowest BCUT2D eigenvalue weighted by molar-refractivity contribution is -0.113. The van der Waals surface area contributed by atoms with Crippen molar-refractivity contribution in [1.29, 1.82) is 0 Å². The molecule has 26 heavy (non-hydrogen) atoms. The Morgan fingerprint density at radius 1 is 1.08 bits per heavy atom. The number of nitrogens with zero attached hydrogens (tertiary/aromatic N) is 4. The predicted octanol–water partition coefficient (Wildman–Crippen LogP) is 3.63. The van der Waals surface area contributed by atoms with Crippen LogP contribution in [0.3, 0.4) is 0 Å². The third-order valence-electron chi connectivity index (χ3n) is 3.99. The van der Waals surface area contributed by atoms with Gasteiger partial charge in [-0.2, -0.15) is 5.10 Å². The largest absolute Gasteiger partial charge is 0.325 e. The van der Waals surface area contributed by atoms with Crippen molar-refractivity contribution in [2.45, 2.75) is 32.7 Å². The lowest BCUT2D eigenvalue weighted by atomic mass is 10.1. The fraction of sp³-hybridized carbons (Fsp3) is 0.263. The average molecular weight is 367 g/mol. The van der Waals surface area contributed by atoms with Gasteiger partial charge >= 0.3 is 0 Å². The van der Waals surface area contributed by atoms with Gasteiger partial charge in [0.1, 0.15) is 5.03 Å². The van der Waals surface area contributed by atoms with E-state index >= 15 is 0 Å². The molecule has 0 aliphatic rings. The van der Waals surface area contributed by atoms with Gasteiger partial charge in [0.15, 0.2) is 5.82 Å². The zero-order valence-electron chi connectivity index (χ0n) is 15.3. The zero-order valence-corrected chi connectivity index (χ0v) is 16.1. The first kappa shape index (κ1) is 18.1. The molecule has 0 atom stereocenters. The number of thioether (sulfide) groups is 1. The van der Waals surface area contributed by atoms with E-state index in [1.54, 1.807) is 17.1 Å². The summed E-state index contributed by atoms with van der Waals surface area (Å²) in [6.45, 7) is 7.98. The number of aromatic nitrogens is 4. The molecule has 0 aliphatic carbocycles. The minimum absolute atomic E-state index is 0.0803. The van der Waals surface area contributed by atoms with Crippen LogP contribution in [0.2, 0.25) is 0 Å². The molecule has 0 unspecified atom stereocenters. The highest BCUT2D eigenvalue weighted by atomic mass is 32.2. The molecular formula is C19H21N5OS. The zero-order chi connectivity index (χ0) is 18.7. The van der Waals surface area contributed by atoms with Crippen LogP contribution in [0.4, 0.5) is 5.69 Å². The van der Waals surface area contributed by atoms with Gasteiger partial charge in [0, 0.05) is 23.8 Å². The summed E-state index contributed by atoms with van der Waals surface area (Å²) in [6, 6.07) is 7.87. The van der Waals surface area contributed by atoms with E-state index in [1.165, 1.54) is 17.3 Å². The second-order valence-electron chi connectivity index (χ2n) is 6.16. The molecule has 1 amide bonds. The maximum atomic E-state index is 12.3. The molecule has 7 heteroatoms. The average Bonchev–Trinajstić information content (AvgIpc) is 2.95. The Hall–Kier alpha value is -2.67. The summed E-state index contributed by atoms with van der Waals surface area (Å²) in [7, 11) is 0. The quantitative estimate of drug-likeness (QED) is 0.697. The van der Waals surface area contributed by atoms with Crippen LogP contribution in [0, 0.1) is 27.7 Å². The Balaban J connectivity index is 1.71. The molecule has 0 aliphatic heterocycles. The molecule has 134 valence electrons. The van der Waals surface area contributed by atoms with Gasteiger partial charge in [0.25, 0.3) is 0 Å². The van der Waals surface area contributed by atoms with Crippen molar-refractivity contribution in [3.05, 3.63) is 59.2 Å². The summed E-state index contributed by atoms with van der Waals surface area (Å²) >= 11 is 1.35. The number of nitrogens with one attached hydrogen (secondary N) is 1. The third-order valence-corrected chi connectivity index (χ3v) is 4.96. The van der Waals surface area contributed by atoms with E-state index in [1.807, 2.05) is 52.0 Å². The molecule has 1 aromatic carbocycles. The van der Waals surface area contributed by atoms with Gasteiger partial charge in [0.2, 0.25) is 5.91 Å².